The minimum absolute atomic E-state index is 0. The summed E-state index contributed by atoms with van der Waals surface area (Å²) in [5.74, 6) is 0.846. The number of aliphatic imine (C=N–C) groups is 1. The van der Waals surface area contributed by atoms with Crippen LogP contribution >= 0.6 is 24.0 Å². The highest BCUT2D eigenvalue weighted by molar-refractivity contribution is 14.0. The molecule has 2 rings (SSSR count). The number of hydrogen-bond donors (Lipinski definition) is 2. The first-order valence-corrected chi connectivity index (χ1v) is 7.92. The molecule has 22 heavy (non-hydrogen) atoms. The van der Waals surface area contributed by atoms with Crippen LogP contribution in [0.25, 0.3) is 0 Å². The van der Waals surface area contributed by atoms with Gasteiger partial charge in [0, 0.05) is 25.8 Å². The normalized spacial score (nSPS) is 16.9. The molecule has 1 saturated heterocycles. The van der Waals surface area contributed by atoms with E-state index in [-0.39, 0.29) is 24.0 Å². The number of nitrogens with zero attached hydrogens (tertiary/aromatic N) is 3. The highest BCUT2D eigenvalue weighted by Crippen LogP contribution is 2.13. The molecule has 5 nitrogen and oxygen atoms in total. The third-order valence-electron chi connectivity index (χ3n) is 4.02. The van der Waals surface area contributed by atoms with E-state index in [9.17, 15) is 0 Å². The quantitative estimate of drug-likeness (QED) is 0.424. The van der Waals surface area contributed by atoms with E-state index in [0.717, 1.165) is 18.2 Å². The maximum absolute atomic E-state index is 4.31. The highest BCUT2D eigenvalue weighted by atomic mass is 127. The maximum atomic E-state index is 4.31. The summed E-state index contributed by atoms with van der Waals surface area (Å²) in [6, 6.07) is 6.54. The van der Waals surface area contributed by atoms with Crippen molar-refractivity contribution in [3.05, 3.63) is 30.1 Å². The van der Waals surface area contributed by atoms with Crippen molar-refractivity contribution in [1.82, 2.24) is 20.5 Å². The fourth-order valence-electron chi connectivity index (χ4n) is 2.75. The Labute approximate surface area is 151 Å². The van der Waals surface area contributed by atoms with E-state index in [1.807, 2.05) is 31.4 Å². The molecule has 1 aromatic rings. The molecule has 2 N–H and O–H groups in total. The van der Waals surface area contributed by atoms with E-state index in [1.54, 1.807) is 0 Å². The van der Waals surface area contributed by atoms with Crippen molar-refractivity contribution in [1.29, 1.82) is 0 Å². The first kappa shape index (κ1) is 19.2. The van der Waals surface area contributed by atoms with Crippen LogP contribution in [0.5, 0.6) is 0 Å². The van der Waals surface area contributed by atoms with Crippen LogP contribution in [0.2, 0.25) is 0 Å². The van der Waals surface area contributed by atoms with Crippen molar-refractivity contribution in [2.24, 2.45) is 4.99 Å². The predicted octanol–water partition coefficient (Wildman–Crippen LogP) is 2.24. The van der Waals surface area contributed by atoms with Gasteiger partial charge in [0.25, 0.3) is 0 Å². The van der Waals surface area contributed by atoms with Gasteiger partial charge in [0.05, 0.1) is 12.2 Å². The third kappa shape index (κ3) is 6.08. The van der Waals surface area contributed by atoms with Gasteiger partial charge in [-0.15, -0.1) is 24.0 Å². The molecule has 124 valence electrons. The zero-order chi connectivity index (χ0) is 14.9. The Morgan fingerprint density at radius 3 is 2.68 bits per heavy atom. The molecule has 1 unspecified atom stereocenters. The standard InChI is InChI=1S/C16H27N5.HI/c1-3-15(21-10-6-7-11-21)13-20-16(17-2)19-12-14-8-4-5-9-18-14;/h4-5,8-9,15H,3,6-7,10-13H2,1-2H3,(H2,17,19,20);1H. The van der Waals surface area contributed by atoms with Gasteiger partial charge in [-0.2, -0.15) is 0 Å². The van der Waals surface area contributed by atoms with Crippen molar-refractivity contribution in [2.45, 2.75) is 38.8 Å². The van der Waals surface area contributed by atoms with Crippen molar-refractivity contribution in [3.8, 4) is 0 Å². The lowest BCUT2D eigenvalue weighted by molar-refractivity contribution is 0.236. The summed E-state index contributed by atoms with van der Waals surface area (Å²) in [6.07, 6.45) is 5.66. The molecular formula is C16H28IN5. The molecule has 0 bridgehead atoms. The van der Waals surface area contributed by atoms with Crippen LogP contribution in [0.15, 0.2) is 29.4 Å². The minimum Gasteiger partial charge on any atom is -0.355 e. The number of nitrogens with one attached hydrogen (secondary N) is 2. The summed E-state index contributed by atoms with van der Waals surface area (Å²) in [5, 5.41) is 6.75. The molecule has 0 amide bonds. The lowest BCUT2D eigenvalue weighted by atomic mass is 10.2. The van der Waals surface area contributed by atoms with E-state index < -0.39 is 0 Å². The van der Waals surface area contributed by atoms with Gasteiger partial charge in [-0.25, -0.2) is 0 Å². The molecule has 1 aliphatic rings. The van der Waals surface area contributed by atoms with Gasteiger partial charge < -0.3 is 10.6 Å². The highest BCUT2D eigenvalue weighted by Gasteiger charge is 2.20. The molecule has 2 heterocycles. The molecule has 1 aliphatic heterocycles. The van der Waals surface area contributed by atoms with Gasteiger partial charge in [0.15, 0.2) is 5.96 Å². The zero-order valence-electron chi connectivity index (χ0n) is 13.6. The molecule has 0 aliphatic carbocycles. The van der Waals surface area contributed by atoms with Crippen molar-refractivity contribution < 1.29 is 0 Å². The number of likely N-dealkylation sites (tertiary alicyclic amines) is 1. The number of aromatic nitrogens is 1. The van der Waals surface area contributed by atoms with E-state index in [4.69, 9.17) is 0 Å². The largest absolute Gasteiger partial charge is 0.355 e. The van der Waals surface area contributed by atoms with Crippen LogP contribution in [0.4, 0.5) is 0 Å². The number of rotatable bonds is 6. The van der Waals surface area contributed by atoms with Crippen molar-refractivity contribution in [2.75, 3.05) is 26.7 Å². The Hall–Kier alpha value is -0.890. The summed E-state index contributed by atoms with van der Waals surface area (Å²) in [7, 11) is 1.81. The molecular weight excluding hydrogens is 389 g/mol. The van der Waals surface area contributed by atoms with E-state index in [1.165, 1.54) is 32.4 Å². The lowest BCUT2D eigenvalue weighted by Gasteiger charge is -2.27. The Kier molecular flexibility index (Phi) is 9.38. The van der Waals surface area contributed by atoms with E-state index >= 15 is 0 Å². The van der Waals surface area contributed by atoms with Gasteiger partial charge >= 0.3 is 0 Å². The van der Waals surface area contributed by atoms with E-state index in [0.29, 0.717) is 12.6 Å². The topological polar surface area (TPSA) is 52.6 Å². The number of halogens is 1. The predicted molar refractivity (Wildman–Crippen MR) is 103 cm³/mol. The Balaban J connectivity index is 0.00000242. The second kappa shape index (κ2) is 10.8. The van der Waals surface area contributed by atoms with Gasteiger partial charge in [0.1, 0.15) is 0 Å². The minimum atomic E-state index is 0. The van der Waals surface area contributed by atoms with Crippen LogP contribution in [0.1, 0.15) is 31.9 Å². The number of guanidine groups is 1. The smallest absolute Gasteiger partial charge is 0.191 e. The third-order valence-corrected chi connectivity index (χ3v) is 4.02. The molecule has 0 aromatic carbocycles. The lowest BCUT2D eigenvalue weighted by Crippen LogP contribution is -2.46. The van der Waals surface area contributed by atoms with Crippen LogP contribution in [0, 0.1) is 0 Å². The fourth-order valence-corrected chi connectivity index (χ4v) is 2.75. The second-order valence-electron chi connectivity index (χ2n) is 5.43. The molecule has 1 fully saturated rings. The summed E-state index contributed by atoms with van der Waals surface area (Å²) >= 11 is 0. The zero-order valence-corrected chi connectivity index (χ0v) is 15.9. The Morgan fingerprint density at radius 1 is 1.32 bits per heavy atom. The summed E-state index contributed by atoms with van der Waals surface area (Å²) in [6.45, 7) is 6.37. The Bertz CT molecular complexity index is 431. The van der Waals surface area contributed by atoms with Gasteiger partial charge in [-0.1, -0.05) is 13.0 Å². The van der Waals surface area contributed by atoms with Gasteiger partial charge in [-0.3, -0.25) is 14.9 Å². The van der Waals surface area contributed by atoms with Crippen molar-refractivity contribution in [3.63, 3.8) is 0 Å². The van der Waals surface area contributed by atoms with Gasteiger partial charge in [0.2, 0.25) is 0 Å². The molecule has 6 heteroatoms. The summed E-state index contributed by atoms with van der Waals surface area (Å²) < 4.78 is 0. The summed E-state index contributed by atoms with van der Waals surface area (Å²) in [4.78, 5) is 11.2. The first-order chi connectivity index (χ1) is 10.3. The van der Waals surface area contributed by atoms with Crippen molar-refractivity contribution >= 4 is 29.9 Å². The average molecular weight is 417 g/mol. The molecule has 1 aromatic heterocycles. The number of hydrogen-bond acceptors (Lipinski definition) is 3. The SMILES string of the molecule is CCC(CNC(=NC)NCc1ccccn1)N1CCCC1.I. The van der Waals surface area contributed by atoms with E-state index in [2.05, 4.69) is 32.4 Å². The average Bonchev–Trinajstić information content (AvgIpc) is 3.06. The van der Waals surface area contributed by atoms with Crippen LogP contribution < -0.4 is 10.6 Å². The van der Waals surface area contributed by atoms with Crippen LogP contribution in [-0.4, -0.2) is 48.6 Å². The van der Waals surface area contributed by atoms with Crippen LogP contribution in [-0.2, 0) is 6.54 Å². The number of pyridine rings is 1. The monoisotopic (exact) mass is 417 g/mol. The van der Waals surface area contributed by atoms with Gasteiger partial charge in [-0.05, 0) is 44.5 Å². The molecule has 0 radical (unpaired) electrons. The molecule has 0 saturated carbocycles. The molecule has 0 spiro atoms. The fraction of sp³-hybridized carbons (Fsp3) is 0.625. The summed E-state index contributed by atoms with van der Waals surface area (Å²) in [5.41, 5.74) is 1.02. The first-order valence-electron chi connectivity index (χ1n) is 7.92. The maximum Gasteiger partial charge on any atom is 0.191 e. The second-order valence-corrected chi connectivity index (χ2v) is 5.43. The molecule has 1 atom stereocenters. The van der Waals surface area contributed by atoms with Crippen LogP contribution in [0.3, 0.4) is 0 Å². The Morgan fingerprint density at radius 2 is 2.09 bits per heavy atom.